The minimum Gasteiger partial charge on any atom is -0.439 e. The van der Waals surface area contributed by atoms with Crippen LogP contribution in [0.2, 0.25) is 0 Å². The lowest BCUT2D eigenvalue weighted by Gasteiger charge is -2.38. The Labute approximate surface area is 126 Å². The third-order valence-electron chi connectivity index (χ3n) is 3.92. The minimum absolute atomic E-state index is 0.0728. The van der Waals surface area contributed by atoms with Crippen molar-refractivity contribution in [1.82, 2.24) is 15.2 Å². The zero-order chi connectivity index (χ0) is 14.9. The summed E-state index contributed by atoms with van der Waals surface area (Å²) in [6.45, 7) is 1.68. The molecule has 2 amide bonds. The zero-order valence-corrected chi connectivity index (χ0v) is 12.4. The first-order valence-electron chi connectivity index (χ1n) is 7.01. The quantitative estimate of drug-likeness (QED) is 0.859. The molecule has 3 N–H and O–H groups in total. The standard InChI is InChI=1S/C13H18N4O3S/c14-11-16-9(6-21-11)2-3-10(18)17-5-1-4-13(8-17)7-15-12(19)20-13/h6H,1-5,7-8H2,(H2,14,16)(H,15,19)/t13-/m0/s1. The summed E-state index contributed by atoms with van der Waals surface area (Å²) in [5.74, 6) is 0.0728. The number of likely N-dealkylation sites (tertiary alicyclic amines) is 1. The molecule has 0 saturated carbocycles. The van der Waals surface area contributed by atoms with Crippen molar-refractivity contribution in [3.05, 3.63) is 11.1 Å². The first-order valence-corrected chi connectivity index (χ1v) is 7.89. The lowest BCUT2D eigenvalue weighted by Crippen LogP contribution is -2.52. The van der Waals surface area contributed by atoms with Crippen molar-refractivity contribution in [2.24, 2.45) is 0 Å². The van der Waals surface area contributed by atoms with Crippen molar-refractivity contribution in [2.45, 2.75) is 31.3 Å². The highest BCUT2D eigenvalue weighted by Crippen LogP contribution is 2.28. The van der Waals surface area contributed by atoms with Gasteiger partial charge in [0.1, 0.15) is 5.60 Å². The van der Waals surface area contributed by atoms with Crippen molar-refractivity contribution in [3.8, 4) is 0 Å². The molecular weight excluding hydrogens is 292 g/mol. The number of aryl methyl sites for hydroxylation is 1. The lowest BCUT2D eigenvalue weighted by atomic mass is 9.93. The maximum atomic E-state index is 12.3. The fourth-order valence-corrected chi connectivity index (χ4v) is 3.47. The van der Waals surface area contributed by atoms with E-state index in [0.717, 1.165) is 25.1 Å². The van der Waals surface area contributed by atoms with Gasteiger partial charge in [0.25, 0.3) is 0 Å². The highest BCUT2D eigenvalue weighted by atomic mass is 32.1. The Morgan fingerprint density at radius 3 is 3.14 bits per heavy atom. The van der Waals surface area contributed by atoms with Gasteiger partial charge in [-0.15, -0.1) is 11.3 Å². The molecule has 0 aliphatic carbocycles. The molecule has 0 aromatic carbocycles. The van der Waals surface area contributed by atoms with Gasteiger partial charge in [0, 0.05) is 18.3 Å². The maximum Gasteiger partial charge on any atom is 0.407 e. The topological polar surface area (TPSA) is 97.5 Å². The number of carbonyl (C=O) groups is 2. The molecule has 21 heavy (non-hydrogen) atoms. The summed E-state index contributed by atoms with van der Waals surface area (Å²) >= 11 is 1.38. The summed E-state index contributed by atoms with van der Waals surface area (Å²) in [7, 11) is 0. The van der Waals surface area contributed by atoms with Crippen molar-refractivity contribution >= 4 is 28.5 Å². The van der Waals surface area contributed by atoms with E-state index < -0.39 is 5.60 Å². The van der Waals surface area contributed by atoms with Crippen LogP contribution in [0.3, 0.4) is 0 Å². The average molecular weight is 310 g/mol. The van der Waals surface area contributed by atoms with E-state index in [1.54, 1.807) is 4.90 Å². The monoisotopic (exact) mass is 310 g/mol. The van der Waals surface area contributed by atoms with Crippen LogP contribution in [0.25, 0.3) is 0 Å². The Balaban J connectivity index is 1.56. The fraction of sp³-hybridized carbons (Fsp3) is 0.615. The molecule has 0 bridgehead atoms. The normalized spacial score (nSPS) is 25.0. The second kappa shape index (κ2) is 5.51. The number of thiazole rings is 1. The summed E-state index contributed by atoms with van der Waals surface area (Å²) in [5.41, 5.74) is 5.90. The summed E-state index contributed by atoms with van der Waals surface area (Å²) in [4.78, 5) is 29.5. The number of hydrogen-bond donors (Lipinski definition) is 2. The summed E-state index contributed by atoms with van der Waals surface area (Å²) in [5, 5.41) is 5.08. The van der Waals surface area contributed by atoms with Crippen LogP contribution in [-0.4, -0.2) is 47.1 Å². The molecule has 0 radical (unpaired) electrons. The molecule has 2 aliphatic heterocycles. The number of nitrogens with zero attached hydrogens (tertiary/aromatic N) is 2. The minimum atomic E-state index is -0.532. The fourth-order valence-electron chi connectivity index (χ4n) is 2.87. The maximum absolute atomic E-state index is 12.3. The number of nitrogens with two attached hydrogens (primary N) is 1. The van der Waals surface area contributed by atoms with Gasteiger partial charge in [-0.25, -0.2) is 9.78 Å². The van der Waals surface area contributed by atoms with Gasteiger partial charge in [0.2, 0.25) is 5.91 Å². The molecule has 2 fully saturated rings. The van der Waals surface area contributed by atoms with Crippen LogP contribution >= 0.6 is 11.3 Å². The van der Waals surface area contributed by atoms with Crippen LogP contribution in [0.4, 0.5) is 9.93 Å². The number of alkyl carbamates (subject to hydrolysis) is 1. The number of nitrogens with one attached hydrogen (secondary N) is 1. The van der Waals surface area contributed by atoms with E-state index in [4.69, 9.17) is 10.5 Å². The van der Waals surface area contributed by atoms with E-state index in [-0.39, 0.29) is 12.0 Å². The molecule has 114 valence electrons. The Morgan fingerprint density at radius 2 is 2.48 bits per heavy atom. The van der Waals surface area contributed by atoms with Crippen LogP contribution in [0.15, 0.2) is 5.38 Å². The van der Waals surface area contributed by atoms with Gasteiger partial charge in [-0.05, 0) is 19.3 Å². The third-order valence-corrected chi connectivity index (χ3v) is 4.64. The Hall–Kier alpha value is -1.83. The van der Waals surface area contributed by atoms with Crippen LogP contribution in [0.5, 0.6) is 0 Å². The van der Waals surface area contributed by atoms with Crippen LogP contribution < -0.4 is 11.1 Å². The first-order chi connectivity index (χ1) is 10.1. The number of aromatic nitrogens is 1. The number of ether oxygens (including phenoxy) is 1. The number of rotatable bonds is 3. The molecule has 2 aliphatic rings. The summed E-state index contributed by atoms with van der Waals surface area (Å²) in [6.07, 6.45) is 2.26. The number of nitrogen functional groups attached to an aromatic ring is 1. The van der Waals surface area contributed by atoms with Crippen molar-refractivity contribution in [1.29, 1.82) is 0 Å². The second-order valence-corrected chi connectivity index (χ2v) is 6.41. The molecule has 8 heteroatoms. The number of carbonyl (C=O) groups excluding carboxylic acids is 2. The van der Waals surface area contributed by atoms with Crippen molar-refractivity contribution in [2.75, 3.05) is 25.4 Å². The van der Waals surface area contributed by atoms with Gasteiger partial charge in [-0.2, -0.15) is 0 Å². The predicted molar refractivity (Wildman–Crippen MR) is 77.9 cm³/mol. The molecule has 3 rings (SSSR count). The molecule has 1 aromatic heterocycles. The van der Waals surface area contributed by atoms with Crippen molar-refractivity contribution in [3.63, 3.8) is 0 Å². The number of amides is 2. The molecule has 0 unspecified atom stereocenters. The Kier molecular flexibility index (Phi) is 3.71. The van der Waals surface area contributed by atoms with E-state index in [0.29, 0.717) is 31.1 Å². The molecule has 1 aromatic rings. The van der Waals surface area contributed by atoms with E-state index in [1.807, 2.05) is 5.38 Å². The van der Waals surface area contributed by atoms with Gasteiger partial charge in [-0.1, -0.05) is 0 Å². The highest BCUT2D eigenvalue weighted by Gasteiger charge is 2.44. The van der Waals surface area contributed by atoms with Crippen LogP contribution in [0, 0.1) is 0 Å². The van der Waals surface area contributed by atoms with Gasteiger partial charge in [0.15, 0.2) is 5.13 Å². The predicted octanol–water partition coefficient (Wildman–Crippen LogP) is 0.759. The molecule has 1 spiro atoms. The first kappa shape index (κ1) is 14.1. The smallest absolute Gasteiger partial charge is 0.407 e. The number of hydrogen-bond acceptors (Lipinski definition) is 6. The van der Waals surface area contributed by atoms with E-state index in [9.17, 15) is 9.59 Å². The summed E-state index contributed by atoms with van der Waals surface area (Å²) in [6, 6.07) is 0. The second-order valence-electron chi connectivity index (χ2n) is 5.52. The van der Waals surface area contributed by atoms with Crippen molar-refractivity contribution < 1.29 is 14.3 Å². The largest absolute Gasteiger partial charge is 0.439 e. The molecular formula is C13H18N4O3S. The molecule has 2 saturated heterocycles. The van der Waals surface area contributed by atoms with Gasteiger partial charge >= 0.3 is 6.09 Å². The summed E-state index contributed by atoms with van der Waals surface area (Å²) < 4.78 is 5.37. The average Bonchev–Trinajstić information content (AvgIpc) is 3.03. The van der Waals surface area contributed by atoms with Gasteiger partial charge in [-0.3, -0.25) is 4.79 Å². The molecule has 7 nitrogen and oxygen atoms in total. The van der Waals surface area contributed by atoms with Crippen LogP contribution in [-0.2, 0) is 16.0 Å². The number of anilines is 1. The van der Waals surface area contributed by atoms with E-state index >= 15 is 0 Å². The SMILES string of the molecule is Nc1nc(CCC(=O)N2CCC[C@]3(CNC(=O)O3)C2)cs1. The molecule has 1 atom stereocenters. The Bertz CT molecular complexity index is 561. The van der Waals surface area contributed by atoms with E-state index in [1.165, 1.54) is 11.3 Å². The van der Waals surface area contributed by atoms with Crippen LogP contribution in [0.1, 0.15) is 25.0 Å². The lowest BCUT2D eigenvalue weighted by molar-refractivity contribution is -0.136. The molecule has 3 heterocycles. The van der Waals surface area contributed by atoms with Gasteiger partial charge < -0.3 is 20.7 Å². The zero-order valence-electron chi connectivity index (χ0n) is 11.6. The number of piperidine rings is 1. The third kappa shape index (κ3) is 3.10. The Morgan fingerprint density at radius 1 is 1.62 bits per heavy atom. The highest BCUT2D eigenvalue weighted by molar-refractivity contribution is 7.13. The van der Waals surface area contributed by atoms with E-state index in [2.05, 4.69) is 10.3 Å². The van der Waals surface area contributed by atoms with Gasteiger partial charge in [0.05, 0.1) is 18.8 Å².